The van der Waals surface area contributed by atoms with Crippen LogP contribution in [0, 0.1) is 0 Å². The largest absolute Gasteiger partial charge is 0.460 e. The first kappa shape index (κ1) is 82.8. The minimum absolute atomic E-state index is 0.00266. The summed E-state index contributed by atoms with van der Waals surface area (Å²) in [5.41, 5.74) is -0.126. The maximum atomic E-state index is 12.5. The lowest BCUT2D eigenvalue weighted by atomic mass is 9.95. The average Bonchev–Trinajstić information content (AvgIpc) is 0.777. The van der Waals surface area contributed by atoms with Gasteiger partial charge in [-0.2, -0.15) is 0 Å². The van der Waals surface area contributed by atoms with Crippen molar-refractivity contribution in [3.8, 4) is 0 Å². The van der Waals surface area contributed by atoms with E-state index in [1.54, 1.807) is 0 Å². The first-order valence-corrected chi connectivity index (χ1v) is 29.1. The number of aliphatic hydroxyl groups is 8. The van der Waals surface area contributed by atoms with Crippen LogP contribution < -0.4 is 0 Å². The highest BCUT2D eigenvalue weighted by Gasteiger charge is 2.55. The summed E-state index contributed by atoms with van der Waals surface area (Å²) < 4.78 is 98.9. The highest BCUT2D eigenvalue weighted by atomic mass is 16.8. The molecule has 0 saturated carbocycles. The molecule has 2 heterocycles. The van der Waals surface area contributed by atoms with E-state index in [-0.39, 0.29) is 39.0 Å². The molecule has 8 N–H and O–H groups in total. The van der Waals surface area contributed by atoms with Crippen molar-refractivity contribution in [3.05, 3.63) is 85.1 Å². The van der Waals surface area contributed by atoms with E-state index in [1.165, 1.54) is 48.5 Å². The van der Waals surface area contributed by atoms with Gasteiger partial charge < -0.3 is 121 Å². The first-order valence-electron chi connectivity index (χ1n) is 29.1. The van der Waals surface area contributed by atoms with Gasteiger partial charge in [-0.05, 0) is 48.5 Å². The minimum atomic E-state index is -2.03. The molecule has 0 aromatic carbocycles. The second-order valence-electron chi connectivity index (χ2n) is 22.0. The van der Waals surface area contributed by atoms with Gasteiger partial charge in [-0.25, -0.2) is 33.6 Å². The summed E-state index contributed by atoms with van der Waals surface area (Å²) in [5.74, 6) is -6.16. The molecule has 32 heteroatoms. The molecule has 2 aliphatic rings. The van der Waals surface area contributed by atoms with Crippen molar-refractivity contribution >= 4 is 41.8 Å². The monoisotopic (exact) mass is 1340 g/mol. The quantitative estimate of drug-likeness (QED) is 0.0188. The van der Waals surface area contributed by atoms with E-state index in [4.69, 9.17) is 80.5 Å². The molecule has 0 bridgehead atoms. The number of ether oxygens (including phenoxy) is 17. The van der Waals surface area contributed by atoms with E-state index >= 15 is 0 Å². The SMILES string of the molecule is C=C(C)C(=O)OCC(O)COC[C@H]1O[C@@H](O[C@H]2[C@H](OCC(O)COC(=O)C(=C)C)[C@@H](OCC(O)COC(=O)C(=C)C)C(OCC(O)COC(=O)C(=C)C)O[C@@H]2CO)[C@H](OCC(O)COC(=O)C(=C)C)[C@@H](OCC(O)COC(=O)C(=C)C)[C@H]1OCC(O)COC(=O)C(=C)C. The van der Waals surface area contributed by atoms with Crippen molar-refractivity contribution in [3.63, 3.8) is 0 Å². The molecular formula is C61H92O32. The topological polar surface area (TPSA) is 438 Å². The van der Waals surface area contributed by atoms with Crippen molar-refractivity contribution in [1.29, 1.82) is 0 Å². The summed E-state index contributed by atoms with van der Waals surface area (Å²) in [7, 11) is 0. The van der Waals surface area contributed by atoms with Crippen LogP contribution in [0.2, 0.25) is 0 Å². The summed E-state index contributed by atoms with van der Waals surface area (Å²) in [6.07, 6.45) is -29.2. The fourth-order valence-electron chi connectivity index (χ4n) is 7.57. The Kier molecular flexibility index (Phi) is 38.3. The van der Waals surface area contributed by atoms with Gasteiger partial charge in [0.1, 0.15) is 138 Å². The molecule has 0 spiro atoms. The second kappa shape index (κ2) is 42.9. The molecule has 0 aromatic heterocycles. The van der Waals surface area contributed by atoms with Crippen LogP contribution in [0.25, 0.3) is 0 Å². The van der Waals surface area contributed by atoms with Crippen LogP contribution in [0.15, 0.2) is 85.1 Å². The number of esters is 7. The molecule has 0 radical (unpaired) electrons. The van der Waals surface area contributed by atoms with Gasteiger partial charge in [0.2, 0.25) is 0 Å². The van der Waals surface area contributed by atoms with Crippen molar-refractivity contribution in [1.82, 2.24) is 0 Å². The van der Waals surface area contributed by atoms with Crippen LogP contribution >= 0.6 is 0 Å². The fourth-order valence-corrected chi connectivity index (χ4v) is 7.57. The lowest BCUT2D eigenvalue weighted by Gasteiger charge is -2.50. The molecule has 2 saturated heterocycles. The molecule has 2 fully saturated rings. The molecule has 2 aliphatic heterocycles. The molecular weight excluding hydrogens is 1240 g/mol. The molecule has 2 rings (SSSR count). The highest BCUT2D eigenvalue weighted by Crippen LogP contribution is 2.36. The Bertz CT molecular complexity index is 2510. The average molecular weight is 1340 g/mol. The van der Waals surface area contributed by atoms with Crippen LogP contribution in [-0.2, 0) is 114 Å². The fraction of sp³-hybridized carbons (Fsp3) is 0.656. The predicted molar refractivity (Wildman–Crippen MR) is 317 cm³/mol. The number of aliphatic hydroxyl groups excluding tert-OH is 8. The van der Waals surface area contributed by atoms with Crippen molar-refractivity contribution in [2.24, 2.45) is 0 Å². The zero-order chi connectivity index (χ0) is 70.2. The van der Waals surface area contributed by atoms with Gasteiger partial charge in [0.15, 0.2) is 12.6 Å². The van der Waals surface area contributed by atoms with Gasteiger partial charge in [0.05, 0.1) is 59.5 Å². The Labute approximate surface area is 538 Å². The van der Waals surface area contributed by atoms with E-state index < -0.39 is 252 Å². The van der Waals surface area contributed by atoms with Gasteiger partial charge in [-0.15, -0.1) is 0 Å². The predicted octanol–water partition coefficient (Wildman–Crippen LogP) is -1.87. The first-order chi connectivity index (χ1) is 43.7. The zero-order valence-corrected chi connectivity index (χ0v) is 53.5. The van der Waals surface area contributed by atoms with Gasteiger partial charge in [-0.1, -0.05) is 46.1 Å². The standard InChI is InChI=1S/C61H92O32/c1-31(2)53(70)83-22-38(63)16-77-30-46-47(78-17-39(64)23-84-54(71)32(3)4)49(79-18-40(65)24-85-55(72)33(5)6)52(82-21-43(68)27-88-58(75)36(11)12)61(92-46)93-48-45(15-62)91-60(90-29-44(69)28-89-59(76)37(13)14)51(81-20-42(67)26-87-57(74)35(9)10)50(48)80-19-41(66)25-86-56(73)34(7)8/h38-52,60-69H,1,3,5,7,9,11,13,15-30H2,2,4,6,8,10,12,14H3/t38?,39?,40?,41?,42?,43?,44?,45-,46-,47+,48-,49+,50+,51-,52-,60?,61+/m1/s1. The minimum Gasteiger partial charge on any atom is -0.460 e. The summed E-state index contributed by atoms with van der Waals surface area (Å²) in [5, 5.41) is 89.2. The van der Waals surface area contributed by atoms with Gasteiger partial charge in [0, 0.05) is 39.0 Å². The van der Waals surface area contributed by atoms with E-state index in [9.17, 15) is 74.4 Å². The smallest absolute Gasteiger partial charge is 0.333 e. The van der Waals surface area contributed by atoms with Crippen molar-refractivity contribution < 1.29 is 155 Å². The van der Waals surface area contributed by atoms with Gasteiger partial charge >= 0.3 is 41.8 Å². The molecule has 93 heavy (non-hydrogen) atoms. The lowest BCUT2D eigenvalue weighted by molar-refractivity contribution is -0.377. The van der Waals surface area contributed by atoms with Crippen LogP contribution in [0.3, 0.4) is 0 Å². The van der Waals surface area contributed by atoms with Crippen molar-refractivity contribution in [2.75, 3.05) is 106 Å². The second-order valence-corrected chi connectivity index (χ2v) is 22.0. The summed E-state index contributed by atoms with van der Waals surface area (Å²) in [6, 6.07) is 0. The third-order valence-corrected chi connectivity index (χ3v) is 12.4. The third-order valence-electron chi connectivity index (χ3n) is 12.4. The molecule has 0 aromatic rings. The molecule has 17 atom stereocenters. The van der Waals surface area contributed by atoms with Gasteiger partial charge in [-0.3, -0.25) is 0 Å². The highest BCUT2D eigenvalue weighted by molar-refractivity contribution is 5.89. The molecule has 8 unspecified atom stereocenters. The van der Waals surface area contributed by atoms with E-state index in [2.05, 4.69) is 46.1 Å². The van der Waals surface area contributed by atoms with Crippen LogP contribution in [0.1, 0.15) is 48.5 Å². The lowest BCUT2D eigenvalue weighted by Crippen LogP contribution is -2.67. The summed E-state index contributed by atoms with van der Waals surface area (Å²) >= 11 is 0. The number of rotatable bonds is 46. The van der Waals surface area contributed by atoms with Gasteiger partial charge in [0.25, 0.3) is 0 Å². The maximum Gasteiger partial charge on any atom is 0.333 e. The molecule has 528 valence electrons. The van der Waals surface area contributed by atoms with E-state index in [0.29, 0.717) is 0 Å². The normalized spacial score (nSPS) is 23.4. The van der Waals surface area contributed by atoms with E-state index in [1.807, 2.05) is 0 Å². The van der Waals surface area contributed by atoms with Crippen molar-refractivity contribution in [2.45, 2.75) is 153 Å². The number of carbonyl (C=O) groups is 7. The van der Waals surface area contributed by atoms with Crippen LogP contribution in [0.4, 0.5) is 0 Å². The summed E-state index contributed by atoms with van der Waals surface area (Å²) in [4.78, 5) is 86.5. The Morgan fingerprint density at radius 3 is 0.839 bits per heavy atom. The maximum absolute atomic E-state index is 12.5. The Morgan fingerprint density at radius 2 is 0.548 bits per heavy atom. The number of hydrogen-bond donors (Lipinski definition) is 8. The zero-order valence-electron chi connectivity index (χ0n) is 53.5. The summed E-state index contributed by atoms with van der Waals surface area (Å²) in [6.45, 7) is 22.4. The third kappa shape index (κ3) is 31.2. The Balaban J connectivity index is 3.07. The molecule has 0 amide bonds. The molecule has 0 aliphatic carbocycles. The molecule has 32 nitrogen and oxygen atoms in total. The van der Waals surface area contributed by atoms with Crippen LogP contribution in [0.5, 0.6) is 0 Å². The Morgan fingerprint density at radius 1 is 0.312 bits per heavy atom. The number of hydrogen-bond acceptors (Lipinski definition) is 32. The van der Waals surface area contributed by atoms with Crippen LogP contribution in [-0.4, -0.2) is 292 Å². The Hall–Kier alpha value is -6.25. The number of carbonyl (C=O) groups excluding carboxylic acids is 7. The van der Waals surface area contributed by atoms with E-state index in [0.717, 1.165) is 0 Å².